The van der Waals surface area contributed by atoms with Crippen molar-refractivity contribution in [1.82, 2.24) is 15.2 Å². The smallest absolute Gasteiger partial charge is 0.248 e. The number of nitrogens with one attached hydrogen (secondary N) is 1. The molecule has 1 heterocycles. The highest BCUT2D eigenvalue weighted by Crippen LogP contribution is 2.23. The lowest BCUT2D eigenvalue weighted by molar-refractivity contribution is 0.589. The normalized spacial score (nSPS) is 11.7. The van der Waals surface area contributed by atoms with E-state index in [1.165, 1.54) is 0 Å². The van der Waals surface area contributed by atoms with E-state index in [0.717, 1.165) is 5.56 Å². The summed E-state index contributed by atoms with van der Waals surface area (Å²) < 4.78 is 22.1. The van der Waals surface area contributed by atoms with Crippen LogP contribution in [0.15, 0.2) is 23.4 Å². The van der Waals surface area contributed by atoms with Crippen LogP contribution in [-0.4, -0.2) is 23.6 Å². The molecule has 0 saturated carbocycles. The number of aromatic nitrogens is 3. The van der Waals surface area contributed by atoms with Crippen molar-refractivity contribution in [3.05, 3.63) is 28.8 Å². The van der Waals surface area contributed by atoms with E-state index in [-0.39, 0.29) is 11.0 Å². The zero-order chi connectivity index (χ0) is 12.6. The molecule has 1 aromatic heterocycles. The van der Waals surface area contributed by atoms with Gasteiger partial charge in [-0.2, -0.15) is 10.1 Å². The van der Waals surface area contributed by atoms with Gasteiger partial charge in [0.25, 0.3) is 15.2 Å². The molecule has 0 amide bonds. The fourth-order valence-electron chi connectivity index (χ4n) is 1.33. The third-order valence-electron chi connectivity index (χ3n) is 2.17. The summed E-state index contributed by atoms with van der Waals surface area (Å²) in [6.45, 7) is 1.85. The molecule has 0 aliphatic rings. The quantitative estimate of drug-likeness (QED) is 0.854. The first-order valence-electron chi connectivity index (χ1n) is 4.59. The monoisotopic (exact) mass is 272 g/mol. The van der Waals surface area contributed by atoms with Gasteiger partial charge in [-0.25, -0.2) is 18.7 Å². The summed E-state index contributed by atoms with van der Waals surface area (Å²) >= 11 is 5.85. The van der Waals surface area contributed by atoms with Crippen molar-refractivity contribution in [1.29, 1.82) is 0 Å². The molecule has 0 spiro atoms. The summed E-state index contributed by atoms with van der Waals surface area (Å²) in [6.07, 6.45) is 0. The highest BCUT2D eigenvalue weighted by atomic mass is 35.5. The number of rotatable bonds is 2. The highest BCUT2D eigenvalue weighted by Gasteiger charge is 2.16. The minimum Gasteiger partial charge on any atom is -0.248 e. The van der Waals surface area contributed by atoms with E-state index in [4.69, 9.17) is 16.7 Å². The predicted molar refractivity (Wildman–Crippen MR) is 62.9 cm³/mol. The van der Waals surface area contributed by atoms with Crippen LogP contribution < -0.4 is 5.14 Å². The van der Waals surface area contributed by atoms with Crippen molar-refractivity contribution < 1.29 is 8.42 Å². The lowest BCUT2D eigenvalue weighted by atomic mass is 10.1. The van der Waals surface area contributed by atoms with Crippen LogP contribution in [0.4, 0.5) is 0 Å². The first-order chi connectivity index (χ1) is 7.88. The third kappa shape index (κ3) is 2.46. The van der Waals surface area contributed by atoms with Crippen molar-refractivity contribution in [3.8, 4) is 11.4 Å². The maximum atomic E-state index is 11.0. The summed E-state index contributed by atoms with van der Waals surface area (Å²) in [5.74, 6) is 0.244. The van der Waals surface area contributed by atoms with Gasteiger partial charge in [-0.1, -0.05) is 17.7 Å². The third-order valence-corrected chi connectivity index (χ3v) is 3.13. The number of hydrogen-bond acceptors (Lipinski definition) is 4. The fraction of sp³-hybridized carbons (Fsp3) is 0.111. The second kappa shape index (κ2) is 4.10. The van der Waals surface area contributed by atoms with Gasteiger partial charge >= 0.3 is 0 Å². The number of primary sulfonamides is 1. The summed E-state index contributed by atoms with van der Waals surface area (Å²) in [6, 6.07) is 5.19. The van der Waals surface area contributed by atoms with Gasteiger partial charge in [-0.3, -0.25) is 0 Å². The van der Waals surface area contributed by atoms with E-state index in [2.05, 4.69) is 15.2 Å². The molecule has 0 unspecified atom stereocenters. The zero-order valence-electron chi connectivity index (χ0n) is 8.81. The Morgan fingerprint density at radius 1 is 1.41 bits per heavy atom. The van der Waals surface area contributed by atoms with Gasteiger partial charge in [0.2, 0.25) is 0 Å². The molecule has 0 aliphatic heterocycles. The molecular weight excluding hydrogens is 264 g/mol. The molecule has 2 rings (SSSR count). The number of nitrogens with two attached hydrogens (primary N) is 1. The minimum atomic E-state index is -3.88. The molecule has 3 N–H and O–H groups in total. The maximum absolute atomic E-state index is 11.0. The van der Waals surface area contributed by atoms with Gasteiger partial charge in [0.1, 0.15) is 0 Å². The summed E-state index contributed by atoms with van der Waals surface area (Å²) in [5.41, 5.74) is 1.54. The van der Waals surface area contributed by atoms with Crippen molar-refractivity contribution in [2.45, 2.75) is 12.1 Å². The Morgan fingerprint density at radius 3 is 2.71 bits per heavy atom. The van der Waals surface area contributed by atoms with Gasteiger partial charge in [0, 0.05) is 10.6 Å². The van der Waals surface area contributed by atoms with Gasteiger partial charge in [0.05, 0.1) is 0 Å². The Balaban J connectivity index is 2.55. The van der Waals surface area contributed by atoms with E-state index in [1.54, 1.807) is 18.2 Å². The van der Waals surface area contributed by atoms with Gasteiger partial charge in [-0.15, -0.1) is 0 Å². The molecule has 0 bridgehead atoms. The fourth-order valence-corrected chi connectivity index (χ4v) is 1.89. The molecule has 0 fully saturated rings. The van der Waals surface area contributed by atoms with Gasteiger partial charge < -0.3 is 0 Å². The van der Waals surface area contributed by atoms with Gasteiger partial charge in [-0.05, 0) is 24.6 Å². The Hall–Kier alpha value is -1.44. The largest absolute Gasteiger partial charge is 0.273 e. The molecule has 0 aliphatic carbocycles. The Bertz CT molecular complexity index is 665. The maximum Gasteiger partial charge on any atom is 0.273 e. The Labute approximate surface area is 103 Å². The van der Waals surface area contributed by atoms with Crippen LogP contribution in [0, 0.1) is 6.92 Å². The van der Waals surface area contributed by atoms with Crippen LogP contribution in [0.1, 0.15) is 5.56 Å². The molecule has 90 valence electrons. The number of halogens is 1. The molecule has 0 radical (unpaired) electrons. The number of H-pyrrole nitrogens is 1. The Kier molecular flexibility index (Phi) is 2.90. The molecule has 2 aromatic rings. The van der Waals surface area contributed by atoms with Crippen LogP contribution >= 0.6 is 11.6 Å². The van der Waals surface area contributed by atoms with Crippen LogP contribution in [0.3, 0.4) is 0 Å². The van der Waals surface area contributed by atoms with Crippen LogP contribution in [-0.2, 0) is 10.0 Å². The van der Waals surface area contributed by atoms with Crippen molar-refractivity contribution in [2.24, 2.45) is 5.14 Å². The lowest BCUT2D eigenvalue weighted by Gasteiger charge is -2.00. The summed E-state index contributed by atoms with van der Waals surface area (Å²) in [7, 11) is -3.88. The van der Waals surface area contributed by atoms with Crippen LogP contribution in [0.2, 0.25) is 5.02 Å². The summed E-state index contributed by atoms with van der Waals surface area (Å²) in [4.78, 5) is 3.82. The second-order valence-electron chi connectivity index (χ2n) is 3.47. The standard InChI is InChI=1S/C9H9ClN4O2S/c1-5-2-3-6(10)4-7(5)8-12-9(14-13-8)17(11,15)16/h2-4H,1H3,(H2,11,15,16)(H,12,13,14). The molecule has 0 atom stereocenters. The molecule has 1 aromatic carbocycles. The topological polar surface area (TPSA) is 102 Å². The van der Waals surface area contributed by atoms with E-state index < -0.39 is 10.0 Å². The predicted octanol–water partition coefficient (Wildman–Crippen LogP) is 1.08. The van der Waals surface area contributed by atoms with E-state index in [9.17, 15) is 8.42 Å². The van der Waals surface area contributed by atoms with Crippen LogP contribution in [0.5, 0.6) is 0 Å². The highest BCUT2D eigenvalue weighted by molar-refractivity contribution is 7.89. The second-order valence-corrected chi connectivity index (χ2v) is 5.38. The van der Waals surface area contributed by atoms with Crippen molar-refractivity contribution in [2.75, 3.05) is 0 Å². The minimum absolute atomic E-state index is 0.244. The zero-order valence-corrected chi connectivity index (χ0v) is 10.4. The average Bonchev–Trinajstić information content (AvgIpc) is 2.70. The molecular formula is C9H9ClN4O2S. The molecule has 17 heavy (non-hydrogen) atoms. The van der Waals surface area contributed by atoms with Gasteiger partial charge in [0.15, 0.2) is 5.82 Å². The average molecular weight is 273 g/mol. The number of aromatic amines is 1. The number of sulfonamides is 1. The van der Waals surface area contributed by atoms with Crippen molar-refractivity contribution >= 4 is 21.6 Å². The SMILES string of the molecule is Cc1ccc(Cl)cc1-c1n[nH]c(S(N)(=O)=O)n1. The molecule has 6 nitrogen and oxygen atoms in total. The number of aryl methyl sites for hydroxylation is 1. The van der Waals surface area contributed by atoms with Crippen molar-refractivity contribution in [3.63, 3.8) is 0 Å². The molecule has 0 saturated heterocycles. The van der Waals surface area contributed by atoms with E-state index in [0.29, 0.717) is 10.6 Å². The number of benzene rings is 1. The summed E-state index contributed by atoms with van der Waals surface area (Å²) in [5, 5.41) is 11.2. The first-order valence-corrected chi connectivity index (χ1v) is 6.52. The Morgan fingerprint density at radius 2 is 2.12 bits per heavy atom. The van der Waals surface area contributed by atoms with E-state index >= 15 is 0 Å². The number of nitrogens with zero attached hydrogens (tertiary/aromatic N) is 2. The number of hydrogen-bond donors (Lipinski definition) is 2. The van der Waals surface area contributed by atoms with E-state index in [1.807, 2.05) is 6.92 Å². The lowest BCUT2D eigenvalue weighted by Crippen LogP contribution is -2.13. The first kappa shape index (κ1) is 12.0. The molecule has 8 heteroatoms. The van der Waals surface area contributed by atoms with Crippen LogP contribution in [0.25, 0.3) is 11.4 Å².